The number of rotatable bonds is 8. The number of hydrogen-bond donors (Lipinski definition) is 3. The summed E-state index contributed by atoms with van der Waals surface area (Å²) in [5.74, 6) is -6.06. The molecule has 4 amide bonds. The first-order valence-corrected chi connectivity index (χ1v) is 12.1. The van der Waals surface area contributed by atoms with Crippen molar-refractivity contribution in [2.24, 2.45) is 11.3 Å². The van der Waals surface area contributed by atoms with E-state index < -0.39 is 66.2 Å². The van der Waals surface area contributed by atoms with Gasteiger partial charge in [0, 0.05) is 19.0 Å². The molecule has 3 N–H and O–H groups in total. The molecule has 4 rings (SSSR count). The van der Waals surface area contributed by atoms with Crippen LogP contribution in [0.5, 0.6) is 0 Å². The van der Waals surface area contributed by atoms with Crippen molar-refractivity contribution in [1.82, 2.24) is 15.5 Å². The van der Waals surface area contributed by atoms with E-state index in [4.69, 9.17) is 0 Å². The molecular weight excluding hydrogens is 516 g/mol. The van der Waals surface area contributed by atoms with Gasteiger partial charge in [-0.05, 0) is 49.7 Å². The first kappa shape index (κ1) is 27.5. The van der Waals surface area contributed by atoms with E-state index in [0.717, 1.165) is 11.0 Å². The van der Waals surface area contributed by atoms with Crippen LogP contribution in [0, 0.1) is 17.2 Å². The second-order valence-electron chi connectivity index (χ2n) is 9.86. The fourth-order valence-electron chi connectivity index (χ4n) is 4.86. The topological polar surface area (TPSA) is 134 Å². The summed E-state index contributed by atoms with van der Waals surface area (Å²) in [6, 6.07) is 2.53. The highest BCUT2D eigenvalue weighted by Crippen LogP contribution is 2.54. The summed E-state index contributed by atoms with van der Waals surface area (Å²) >= 11 is 0. The lowest BCUT2D eigenvalue weighted by atomic mass is 9.95. The summed E-state index contributed by atoms with van der Waals surface area (Å²) in [5.41, 5.74) is -0.613. The van der Waals surface area contributed by atoms with Gasteiger partial charge >= 0.3 is 18.2 Å². The van der Waals surface area contributed by atoms with Gasteiger partial charge in [0.1, 0.15) is 18.5 Å². The van der Waals surface area contributed by atoms with Gasteiger partial charge in [0.25, 0.3) is 0 Å². The minimum atomic E-state index is -5.08. The third-order valence-corrected chi connectivity index (χ3v) is 7.11. The number of alkyl halides is 3. The van der Waals surface area contributed by atoms with Crippen molar-refractivity contribution in [3.63, 3.8) is 0 Å². The van der Waals surface area contributed by atoms with Crippen LogP contribution in [-0.2, 0) is 28.7 Å². The number of carbonyl (C=O) groups is 5. The fraction of sp³-hybridized carbons (Fsp3) is 0.542. The highest BCUT2D eigenvalue weighted by molar-refractivity contribution is 6.40. The van der Waals surface area contributed by atoms with Crippen LogP contribution in [0.1, 0.15) is 32.1 Å². The van der Waals surface area contributed by atoms with Crippen LogP contribution in [0.2, 0.25) is 0 Å². The van der Waals surface area contributed by atoms with E-state index in [1.807, 2.05) is 0 Å². The van der Waals surface area contributed by atoms with Crippen LogP contribution in [0.3, 0.4) is 0 Å². The Morgan fingerprint density at radius 1 is 1.18 bits per heavy atom. The van der Waals surface area contributed by atoms with Crippen molar-refractivity contribution in [2.45, 2.75) is 50.6 Å². The number of likely N-dealkylation sites (tertiary alicyclic amines) is 1. The summed E-state index contributed by atoms with van der Waals surface area (Å²) in [6.07, 6.45) is -3.43. The van der Waals surface area contributed by atoms with Crippen molar-refractivity contribution >= 4 is 35.1 Å². The van der Waals surface area contributed by atoms with Crippen molar-refractivity contribution in [3.8, 4) is 0 Å². The molecule has 1 aromatic carbocycles. The summed E-state index contributed by atoms with van der Waals surface area (Å²) in [4.78, 5) is 64.5. The first-order valence-electron chi connectivity index (χ1n) is 12.1. The van der Waals surface area contributed by atoms with Gasteiger partial charge in [-0.15, -0.1) is 13.2 Å². The number of anilines is 1. The average molecular weight is 542 g/mol. The first-order chi connectivity index (χ1) is 17.9. The van der Waals surface area contributed by atoms with Crippen LogP contribution in [-0.4, -0.2) is 72.5 Å². The number of nitrogens with one attached hydrogen (secondary N) is 3. The molecule has 0 aromatic heterocycles. The molecule has 0 unspecified atom stereocenters. The van der Waals surface area contributed by atoms with E-state index in [1.54, 1.807) is 0 Å². The Morgan fingerprint density at radius 3 is 2.50 bits per heavy atom. The number of amides is 4. The quantitative estimate of drug-likeness (QED) is 0.335. The van der Waals surface area contributed by atoms with Crippen molar-refractivity contribution in [2.75, 3.05) is 25.0 Å². The minimum absolute atomic E-state index is 0.0788. The van der Waals surface area contributed by atoms with E-state index in [-0.39, 0.29) is 30.5 Å². The van der Waals surface area contributed by atoms with Gasteiger partial charge in [-0.25, -0.2) is 4.39 Å². The SMILES string of the molecule is O=C(Nc1ccccc1F)C(=O)N1CC2(CC2)C[C@@H]1C(=O)N[C@@H](C[C@@H]1CCNC1=O)C(=O)COC(F)(F)F. The van der Waals surface area contributed by atoms with E-state index in [1.165, 1.54) is 18.2 Å². The van der Waals surface area contributed by atoms with Crippen LogP contribution in [0.25, 0.3) is 0 Å². The molecule has 10 nitrogen and oxygen atoms in total. The number of halogens is 4. The predicted molar refractivity (Wildman–Crippen MR) is 121 cm³/mol. The van der Waals surface area contributed by atoms with Gasteiger partial charge in [0.2, 0.25) is 11.8 Å². The lowest BCUT2D eigenvalue weighted by Gasteiger charge is -2.26. The molecule has 3 aliphatic rings. The molecule has 38 heavy (non-hydrogen) atoms. The Labute approximate surface area is 214 Å². The predicted octanol–water partition coefficient (Wildman–Crippen LogP) is 1.26. The maximum atomic E-state index is 13.9. The zero-order chi connectivity index (χ0) is 27.7. The zero-order valence-corrected chi connectivity index (χ0v) is 20.1. The highest BCUT2D eigenvalue weighted by Gasteiger charge is 2.56. The number of benzene rings is 1. The second-order valence-corrected chi connectivity index (χ2v) is 9.86. The largest absolute Gasteiger partial charge is 0.522 e. The summed E-state index contributed by atoms with van der Waals surface area (Å²) in [5, 5.41) is 7.13. The van der Waals surface area contributed by atoms with Gasteiger partial charge in [0.15, 0.2) is 5.78 Å². The van der Waals surface area contributed by atoms with Crippen molar-refractivity contribution < 1.29 is 46.3 Å². The lowest BCUT2D eigenvalue weighted by Crippen LogP contribution is -2.53. The Morgan fingerprint density at radius 2 is 1.89 bits per heavy atom. The van der Waals surface area contributed by atoms with Gasteiger partial charge in [-0.1, -0.05) is 12.1 Å². The number of Topliss-reactive ketones (excluding diaryl/α,β-unsaturated/α-hetero) is 1. The van der Waals surface area contributed by atoms with E-state index in [0.29, 0.717) is 25.8 Å². The molecule has 14 heteroatoms. The standard InChI is InChI=1S/C24H26F4N4O6/c25-14-3-1-2-4-15(14)30-21(36)22(37)32-12-23(6-7-23)10-17(32)20(35)31-16(9-13-5-8-29-19(13)34)18(33)11-38-24(26,27)28/h1-4,13,16-17H,5-12H2,(H,29,34)(H,30,36)(H,31,35)/t13-,16-,17+/m0/s1. The van der Waals surface area contributed by atoms with Crippen LogP contribution in [0.4, 0.5) is 23.2 Å². The van der Waals surface area contributed by atoms with Crippen LogP contribution < -0.4 is 16.0 Å². The fourth-order valence-corrected chi connectivity index (χ4v) is 4.86. The maximum Gasteiger partial charge on any atom is 0.522 e. The molecule has 2 aliphatic heterocycles. The normalized spacial score (nSPS) is 22.6. The molecule has 1 aromatic rings. The summed E-state index contributed by atoms with van der Waals surface area (Å²) in [7, 11) is 0. The number of hydrogen-bond acceptors (Lipinski definition) is 6. The minimum Gasteiger partial charge on any atom is -0.356 e. The molecule has 1 saturated carbocycles. The molecule has 2 heterocycles. The van der Waals surface area contributed by atoms with E-state index >= 15 is 0 Å². The number of para-hydroxylation sites is 1. The lowest BCUT2D eigenvalue weighted by molar-refractivity contribution is -0.321. The van der Waals surface area contributed by atoms with Crippen molar-refractivity contribution in [3.05, 3.63) is 30.1 Å². The molecular formula is C24H26F4N4O6. The van der Waals surface area contributed by atoms with Crippen molar-refractivity contribution in [1.29, 1.82) is 0 Å². The Bertz CT molecular complexity index is 1140. The molecule has 206 valence electrons. The monoisotopic (exact) mass is 542 g/mol. The number of nitrogens with zero attached hydrogens (tertiary/aromatic N) is 1. The average Bonchev–Trinajstić information content (AvgIpc) is 3.32. The summed E-state index contributed by atoms with van der Waals surface area (Å²) < 4.78 is 55.1. The molecule has 2 saturated heterocycles. The third kappa shape index (κ3) is 6.47. The van der Waals surface area contributed by atoms with E-state index in [2.05, 4.69) is 20.7 Å². The van der Waals surface area contributed by atoms with Crippen LogP contribution >= 0.6 is 0 Å². The second kappa shape index (κ2) is 10.7. The number of ether oxygens (including phenoxy) is 1. The molecule has 0 bridgehead atoms. The highest BCUT2D eigenvalue weighted by atomic mass is 19.4. The Balaban J connectivity index is 1.48. The zero-order valence-electron chi connectivity index (χ0n) is 20.1. The van der Waals surface area contributed by atoms with Gasteiger partial charge in [-0.3, -0.25) is 28.7 Å². The number of ketones is 1. The molecule has 1 aliphatic carbocycles. The smallest absolute Gasteiger partial charge is 0.356 e. The van der Waals surface area contributed by atoms with Gasteiger partial charge in [0.05, 0.1) is 11.7 Å². The van der Waals surface area contributed by atoms with Gasteiger partial charge in [-0.2, -0.15) is 0 Å². The van der Waals surface area contributed by atoms with E-state index in [9.17, 15) is 41.5 Å². The molecule has 1 spiro atoms. The summed E-state index contributed by atoms with van der Waals surface area (Å²) in [6.45, 7) is -0.970. The molecule has 0 radical (unpaired) electrons. The maximum absolute atomic E-state index is 13.9. The molecule has 3 atom stereocenters. The van der Waals surface area contributed by atoms with Crippen LogP contribution in [0.15, 0.2) is 24.3 Å². The molecule has 3 fully saturated rings. The van der Waals surface area contributed by atoms with Gasteiger partial charge < -0.3 is 20.9 Å². The Kier molecular flexibility index (Phi) is 7.72. The Hall–Kier alpha value is -3.55. The third-order valence-electron chi connectivity index (χ3n) is 7.11. The number of carbonyl (C=O) groups excluding carboxylic acids is 5.